The zero-order chi connectivity index (χ0) is 12.5. The lowest BCUT2D eigenvalue weighted by Gasteiger charge is -2.21. The molecule has 18 heavy (non-hydrogen) atoms. The summed E-state index contributed by atoms with van der Waals surface area (Å²) in [5, 5.41) is 3.33. The van der Waals surface area contributed by atoms with Crippen LogP contribution in [0.25, 0.3) is 0 Å². The van der Waals surface area contributed by atoms with E-state index < -0.39 is 0 Å². The van der Waals surface area contributed by atoms with Crippen molar-refractivity contribution < 1.29 is 4.79 Å². The van der Waals surface area contributed by atoms with E-state index in [-0.39, 0.29) is 5.91 Å². The fourth-order valence-corrected chi connectivity index (χ4v) is 2.57. The number of hydrogen-bond donors (Lipinski definition) is 1. The molecule has 1 heterocycles. The SMILES string of the molecule is CCN(CC1CC1)C(=O)c1ccc2c(c1)NCC2. The van der Waals surface area contributed by atoms with Gasteiger partial charge in [-0.15, -0.1) is 0 Å². The smallest absolute Gasteiger partial charge is 0.253 e. The molecule has 1 aliphatic carbocycles. The molecular weight excluding hydrogens is 224 g/mol. The number of nitrogens with zero attached hydrogens (tertiary/aromatic N) is 1. The summed E-state index contributed by atoms with van der Waals surface area (Å²) in [7, 11) is 0. The third-order valence-electron chi connectivity index (χ3n) is 3.91. The quantitative estimate of drug-likeness (QED) is 0.882. The summed E-state index contributed by atoms with van der Waals surface area (Å²) < 4.78 is 0. The zero-order valence-electron chi connectivity index (χ0n) is 10.9. The van der Waals surface area contributed by atoms with E-state index in [0.29, 0.717) is 0 Å². The number of nitrogens with one attached hydrogen (secondary N) is 1. The highest BCUT2D eigenvalue weighted by Crippen LogP contribution is 2.30. The van der Waals surface area contributed by atoms with Gasteiger partial charge >= 0.3 is 0 Å². The topological polar surface area (TPSA) is 32.3 Å². The normalized spacial score (nSPS) is 17.2. The number of carbonyl (C=O) groups is 1. The van der Waals surface area contributed by atoms with Crippen LogP contribution >= 0.6 is 0 Å². The Morgan fingerprint density at radius 1 is 1.44 bits per heavy atom. The molecule has 0 saturated heterocycles. The van der Waals surface area contributed by atoms with Gasteiger partial charge in [-0.05, 0) is 49.8 Å². The van der Waals surface area contributed by atoms with Crippen molar-refractivity contribution in [2.24, 2.45) is 5.92 Å². The lowest BCUT2D eigenvalue weighted by Crippen LogP contribution is -2.32. The molecule has 0 aromatic heterocycles. The van der Waals surface area contributed by atoms with Crippen molar-refractivity contribution in [2.75, 3.05) is 25.0 Å². The van der Waals surface area contributed by atoms with E-state index in [9.17, 15) is 4.79 Å². The van der Waals surface area contributed by atoms with Gasteiger partial charge in [0.15, 0.2) is 0 Å². The predicted octanol–water partition coefficient (Wildman–Crippen LogP) is 2.53. The van der Waals surface area contributed by atoms with Crippen molar-refractivity contribution in [2.45, 2.75) is 26.2 Å². The minimum absolute atomic E-state index is 0.181. The van der Waals surface area contributed by atoms with Crippen LogP contribution in [0.4, 0.5) is 5.69 Å². The lowest BCUT2D eigenvalue weighted by molar-refractivity contribution is 0.0757. The zero-order valence-corrected chi connectivity index (χ0v) is 10.9. The van der Waals surface area contributed by atoms with E-state index in [1.807, 2.05) is 17.0 Å². The Labute approximate surface area is 108 Å². The van der Waals surface area contributed by atoms with E-state index in [2.05, 4.69) is 18.3 Å². The van der Waals surface area contributed by atoms with E-state index in [1.165, 1.54) is 18.4 Å². The Kier molecular flexibility index (Phi) is 2.98. The summed E-state index contributed by atoms with van der Waals surface area (Å²) in [6.45, 7) is 4.79. The number of rotatable bonds is 4. The maximum atomic E-state index is 12.4. The molecule has 96 valence electrons. The molecule has 1 N–H and O–H groups in total. The average Bonchev–Trinajstić information content (AvgIpc) is 3.09. The predicted molar refractivity (Wildman–Crippen MR) is 72.9 cm³/mol. The maximum absolute atomic E-state index is 12.4. The van der Waals surface area contributed by atoms with Crippen molar-refractivity contribution in [1.29, 1.82) is 0 Å². The fourth-order valence-electron chi connectivity index (χ4n) is 2.57. The molecular formula is C15H20N2O. The van der Waals surface area contributed by atoms with Crippen molar-refractivity contribution in [3.05, 3.63) is 29.3 Å². The van der Waals surface area contributed by atoms with Crippen LogP contribution < -0.4 is 5.32 Å². The minimum atomic E-state index is 0.181. The van der Waals surface area contributed by atoms with Gasteiger partial charge in [0.25, 0.3) is 5.91 Å². The third-order valence-corrected chi connectivity index (χ3v) is 3.91. The van der Waals surface area contributed by atoms with Crippen molar-refractivity contribution in [3.8, 4) is 0 Å². The number of hydrogen-bond acceptors (Lipinski definition) is 2. The molecule has 2 aliphatic rings. The molecule has 1 fully saturated rings. The number of benzene rings is 1. The van der Waals surface area contributed by atoms with Gasteiger partial charge in [-0.25, -0.2) is 0 Å². The van der Waals surface area contributed by atoms with Gasteiger partial charge < -0.3 is 10.2 Å². The molecule has 0 radical (unpaired) electrons. The number of amides is 1. The Morgan fingerprint density at radius 2 is 2.28 bits per heavy atom. The van der Waals surface area contributed by atoms with Crippen molar-refractivity contribution in [3.63, 3.8) is 0 Å². The summed E-state index contributed by atoms with van der Waals surface area (Å²) in [5.74, 6) is 0.933. The van der Waals surface area contributed by atoms with Crippen LogP contribution in [-0.4, -0.2) is 30.4 Å². The van der Waals surface area contributed by atoms with Gasteiger partial charge in [-0.3, -0.25) is 4.79 Å². The molecule has 1 saturated carbocycles. The Hall–Kier alpha value is -1.51. The summed E-state index contributed by atoms with van der Waals surface area (Å²) >= 11 is 0. The fraction of sp³-hybridized carbons (Fsp3) is 0.533. The first kappa shape index (κ1) is 11.6. The Morgan fingerprint density at radius 3 is 3.00 bits per heavy atom. The van der Waals surface area contributed by atoms with Crippen LogP contribution in [0.15, 0.2) is 18.2 Å². The van der Waals surface area contributed by atoms with Gasteiger partial charge in [0.1, 0.15) is 0 Å². The van der Waals surface area contributed by atoms with Crippen LogP contribution in [-0.2, 0) is 6.42 Å². The van der Waals surface area contributed by atoms with Crippen molar-refractivity contribution in [1.82, 2.24) is 4.90 Å². The van der Waals surface area contributed by atoms with Crippen LogP contribution in [0, 0.1) is 5.92 Å². The highest BCUT2D eigenvalue weighted by molar-refractivity contribution is 5.95. The number of anilines is 1. The summed E-state index contributed by atoms with van der Waals surface area (Å²) in [6.07, 6.45) is 3.65. The minimum Gasteiger partial charge on any atom is -0.384 e. The highest BCUT2D eigenvalue weighted by atomic mass is 16.2. The second-order valence-electron chi connectivity index (χ2n) is 5.34. The average molecular weight is 244 g/mol. The summed E-state index contributed by atoms with van der Waals surface area (Å²) in [5.41, 5.74) is 3.30. The molecule has 3 heteroatoms. The number of fused-ring (bicyclic) bond motifs is 1. The molecule has 0 bridgehead atoms. The molecule has 0 spiro atoms. The van der Waals surface area contributed by atoms with Gasteiger partial charge in [0.2, 0.25) is 0 Å². The molecule has 0 atom stereocenters. The second kappa shape index (κ2) is 4.63. The Bertz CT molecular complexity index is 466. The van der Waals surface area contributed by atoms with Crippen LogP contribution in [0.2, 0.25) is 0 Å². The second-order valence-corrected chi connectivity index (χ2v) is 5.34. The van der Waals surface area contributed by atoms with Gasteiger partial charge in [0, 0.05) is 30.9 Å². The van der Waals surface area contributed by atoms with Crippen molar-refractivity contribution >= 4 is 11.6 Å². The third kappa shape index (κ3) is 2.22. The first-order chi connectivity index (χ1) is 8.78. The van der Waals surface area contributed by atoms with E-state index >= 15 is 0 Å². The standard InChI is InChI=1S/C15H20N2O/c1-2-17(10-11-3-4-11)15(18)13-6-5-12-7-8-16-14(12)9-13/h5-6,9,11,16H,2-4,7-8,10H2,1H3. The highest BCUT2D eigenvalue weighted by Gasteiger charge is 2.26. The molecule has 1 aromatic rings. The first-order valence-corrected chi connectivity index (χ1v) is 6.94. The van der Waals surface area contributed by atoms with Gasteiger partial charge in [-0.2, -0.15) is 0 Å². The van der Waals surface area contributed by atoms with E-state index in [1.54, 1.807) is 0 Å². The van der Waals surface area contributed by atoms with Crippen LogP contribution in [0.1, 0.15) is 35.7 Å². The molecule has 1 aliphatic heterocycles. The summed E-state index contributed by atoms with van der Waals surface area (Å²) in [6, 6.07) is 6.08. The van der Waals surface area contributed by atoms with Crippen LogP contribution in [0.5, 0.6) is 0 Å². The molecule has 3 nitrogen and oxygen atoms in total. The lowest BCUT2D eigenvalue weighted by atomic mass is 10.1. The maximum Gasteiger partial charge on any atom is 0.253 e. The molecule has 1 aromatic carbocycles. The monoisotopic (exact) mass is 244 g/mol. The number of carbonyl (C=O) groups excluding carboxylic acids is 1. The Balaban J connectivity index is 1.77. The largest absolute Gasteiger partial charge is 0.384 e. The van der Waals surface area contributed by atoms with E-state index in [0.717, 1.165) is 43.2 Å². The molecule has 1 amide bonds. The molecule has 3 rings (SSSR count). The van der Waals surface area contributed by atoms with Gasteiger partial charge in [0.05, 0.1) is 0 Å². The first-order valence-electron chi connectivity index (χ1n) is 6.94. The summed E-state index contributed by atoms with van der Waals surface area (Å²) in [4.78, 5) is 14.4. The van der Waals surface area contributed by atoms with E-state index in [4.69, 9.17) is 0 Å². The van der Waals surface area contributed by atoms with Crippen LogP contribution in [0.3, 0.4) is 0 Å². The van der Waals surface area contributed by atoms with Gasteiger partial charge in [-0.1, -0.05) is 6.07 Å². The molecule has 0 unspecified atom stereocenters.